The van der Waals surface area contributed by atoms with Crippen LogP contribution in [0.15, 0.2) is 0 Å². The van der Waals surface area contributed by atoms with E-state index >= 15 is 0 Å². The Morgan fingerprint density at radius 3 is 2.16 bits per heavy atom. The highest BCUT2D eigenvalue weighted by Crippen LogP contribution is 2.08. The van der Waals surface area contributed by atoms with Gasteiger partial charge in [0, 0.05) is 6.61 Å². The number of hydrogen-bond acceptors (Lipinski definition) is 6. The van der Waals surface area contributed by atoms with Crippen LogP contribution in [0.1, 0.15) is 26.7 Å². The number of hydrogen-bond donors (Lipinski definition) is 5. The Bertz CT molecular complexity index is 270. The average Bonchev–Trinajstić information content (AvgIpc) is 2.39. The van der Waals surface area contributed by atoms with E-state index in [-0.39, 0.29) is 13.0 Å². The van der Waals surface area contributed by atoms with E-state index in [9.17, 15) is 14.7 Å². The molecule has 8 nitrogen and oxygen atoms in total. The van der Waals surface area contributed by atoms with E-state index in [0.29, 0.717) is 12.5 Å². The van der Waals surface area contributed by atoms with Gasteiger partial charge in [-0.2, -0.15) is 0 Å². The van der Waals surface area contributed by atoms with Crippen molar-refractivity contribution in [2.75, 3.05) is 13.2 Å². The lowest BCUT2D eigenvalue weighted by atomic mass is 10.0. The summed E-state index contributed by atoms with van der Waals surface area (Å²) in [6, 6.07) is 0. The molecular formula is C11H24N4O4. The molecule has 19 heavy (non-hydrogen) atoms. The van der Waals surface area contributed by atoms with E-state index in [1.54, 1.807) is 0 Å². The molecule has 0 fully saturated rings. The maximum atomic E-state index is 11.4. The molecule has 0 bridgehead atoms. The SMILES string of the molecule is CC(C)CCOC[C@H](O)CC(C(=O)NN)C(=O)NN. The third-order valence-electron chi connectivity index (χ3n) is 2.58. The summed E-state index contributed by atoms with van der Waals surface area (Å²) < 4.78 is 5.26. The topological polar surface area (TPSA) is 140 Å². The Hall–Kier alpha value is -1.22. The molecule has 0 aliphatic heterocycles. The van der Waals surface area contributed by atoms with Gasteiger partial charge in [-0.25, -0.2) is 11.7 Å². The molecule has 0 rings (SSSR count). The molecular weight excluding hydrogens is 252 g/mol. The molecule has 0 aromatic carbocycles. The Kier molecular flexibility index (Phi) is 9.06. The predicted molar refractivity (Wildman–Crippen MR) is 69.0 cm³/mol. The zero-order valence-electron chi connectivity index (χ0n) is 11.4. The van der Waals surface area contributed by atoms with Gasteiger partial charge in [0.15, 0.2) is 0 Å². The minimum atomic E-state index is -1.14. The first-order valence-corrected chi connectivity index (χ1v) is 6.19. The molecule has 0 aliphatic carbocycles. The Balaban J connectivity index is 4.13. The van der Waals surface area contributed by atoms with Crippen LogP contribution in [-0.2, 0) is 14.3 Å². The van der Waals surface area contributed by atoms with Crippen LogP contribution in [0, 0.1) is 11.8 Å². The summed E-state index contributed by atoms with van der Waals surface area (Å²) in [6.07, 6.45) is -0.164. The second-order valence-corrected chi connectivity index (χ2v) is 4.72. The summed E-state index contributed by atoms with van der Waals surface area (Å²) in [6.45, 7) is 4.70. The molecule has 0 unspecified atom stereocenters. The van der Waals surface area contributed by atoms with Crippen molar-refractivity contribution in [3.63, 3.8) is 0 Å². The van der Waals surface area contributed by atoms with Crippen LogP contribution in [0.3, 0.4) is 0 Å². The first-order valence-electron chi connectivity index (χ1n) is 6.19. The minimum Gasteiger partial charge on any atom is -0.391 e. The summed E-state index contributed by atoms with van der Waals surface area (Å²) >= 11 is 0. The Morgan fingerprint density at radius 1 is 1.21 bits per heavy atom. The van der Waals surface area contributed by atoms with Crippen LogP contribution >= 0.6 is 0 Å². The van der Waals surface area contributed by atoms with E-state index < -0.39 is 23.8 Å². The van der Waals surface area contributed by atoms with Crippen molar-refractivity contribution >= 4 is 11.8 Å². The number of nitrogens with two attached hydrogens (primary N) is 2. The third kappa shape index (κ3) is 7.73. The van der Waals surface area contributed by atoms with Crippen LogP contribution < -0.4 is 22.5 Å². The molecule has 0 radical (unpaired) electrons. The normalized spacial score (nSPS) is 12.6. The lowest BCUT2D eigenvalue weighted by Gasteiger charge is -2.17. The van der Waals surface area contributed by atoms with Crippen molar-refractivity contribution in [2.45, 2.75) is 32.8 Å². The largest absolute Gasteiger partial charge is 0.391 e. The van der Waals surface area contributed by atoms with Gasteiger partial charge in [0.1, 0.15) is 5.92 Å². The van der Waals surface area contributed by atoms with E-state index in [4.69, 9.17) is 16.4 Å². The maximum absolute atomic E-state index is 11.4. The highest BCUT2D eigenvalue weighted by molar-refractivity contribution is 5.99. The molecule has 8 heteroatoms. The summed E-state index contributed by atoms with van der Waals surface area (Å²) in [5.41, 5.74) is 3.72. The first kappa shape index (κ1) is 17.8. The number of hydrazine groups is 2. The van der Waals surface area contributed by atoms with Crippen molar-refractivity contribution in [3.05, 3.63) is 0 Å². The van der Waals surface area contributed by atoms with Crippen LogP contribution in [0.2, 0.25) is 0 Å². The Morgan fingerprint density at radius 2 is 1.74 bits per heavy atom. The second-order valence-electron chi connectivity index (χ2n) is 4.72. The zero-order chi connectivity index (χ0) is 14.8. The van der Waals surface area contributed by atoms with Crippen molar-refractivity contribution in [2.24, 2.45) is 23.5 Å². The van der Waals surface area contributed by atoms with Gasteiger partial charge in [-0.15, -0.1) is 0 Å². The molecule has 0 aromatic heterocycles. The van der Waals surface area contributed by atoms with Crippen molar-refractivity contribution in [1.29, 1.82) is 0 Å². The van der Waals surface area contributed by atoms with Gasteiger partial charge in [0.25, 0.3) is 0 Å². The summed E-state index contributed by atoms with van der Waals surface area (Å²) in [5.74, 6) is 7.89. The number of carbonyl (C=O) groups is 2. The number of nitrogens with one attached hydrogen (secondary N) is 2. The zero-order valence-corrected chi connectivity index (χ0v) is 11.4. The fourth-order valence-corrected chi connectivity index (χ4v) is 1.41. The number of carbonyl (C=O) groups excluding carboxylic acids is 2. The summed E-state index contributed by atoms with van der Waals surface area (Å²) in [5, 5.41) is 9.71. The molecule has 2 amide bonds. The van der Waals surface area contributed by atoms with Gasteiger partial charge >= 0.3 is 0 Å². The van der Waals surface area contributed by atoms with E-state index in [2.05, 4.69) is 13.8 Å². The lowest BCUT2D eigenvalue weighted by Crippen LogP contribution is -2.47. The van der Waals surface area contributed by atoms with E-state index in [1.807, 2.05) is 10.9 Å². The molecule has 1 atom stereocenters. The van der Waals surface area contributed by atoms with Gasteiger partial charge in [0.05, 0.1) is 12.7 Å². The van der Waals surface area contributed by atoms with E-state index in [1.165, 1.54) is 0 Å². The quantitative estimate of drug-likeness (QED) is 0.113. The number of amides is 2. The van der Waals surface area contributed by atoms with Crippen molar-refractivity contribution in [3.8, 4) is 0 Å². The molecule has 7 N–H and O–H groups in total. The third-order valence-corrected chi connectivity index (χ3v) is 2.58. The smallest absolute Gasteiger partial charge is 0.246 e. The van der Waals surface area contributed by atoms with Gasteiger partial charge in [-0.3, -0.25) is 20.4 Å². The monoisotopic (exact) mass is 276 g/mol. The Labute approximate surface area is 112 Å². The summed E-state index contributed by atoms with van der Waals surface area (Å²) in [4.78, 5) is 22.7. The van der Waals surface area contributed by atoms with Crippen LogP contribution in [-0.4, -0.2) is 36.2 Å². The maximum Gasteiger partial charge on any atom is 0.246 e. The summed E-state index contributed by atoms with van der Waals surface area (Å²) in [7, 11) is 0. The fourth-order valence-electron chi connectivity index (χ4n) is 1.41. The highest BCUT2D eigenvalue weighted by Gasteiger charge is 2.28. The van der Waals surface area contributed by atoms with Crippen molar-refractivity contribution in [1.82, 2.24) is 10.9 Å². The molecule has 0 saturated heterocycles. The molecule has 0 spiro atoms. The van der Waals surface area contributed by atoms with Gasteiger partial charge in [-0.05, 0) is 18.8 Å². The van der Waals surface area contributed by atoms with E-state index in [0.717, 1.165) is 6.42 Å². The van der Waals surface area contributed by atoms with Gasteiger partial charge in [0.2, 0.25) is 11.8 Å². The van der Waals surface area contributed by atoms with Crippen LogP contribution in [0.5, 0.6) is 0 Å². The molecule has 0 saturated carbocycles. The predicted octanol–water partition coefficient (Wildman–Crippen LogP) is -1.60. The fraction of sp³-hybridized carbons (Fsp3) is 0.818. The average molecular weight is 276 g/mol. The molecule has 0 aliphatic rings. The van der Waals surface area contributed by atoms with Gasteiger partial charge in [-0.1, -0.05) is 13.8 Å². The minimum absolute atomic E-state index is 0.0545. The number of aliphatic hydroxyl groups excluding tert-OH is 1. The molecule has 0 heterocycles. The number of rotatable bonds is 9. The number of ether oxygens (including phenoxy) is 1. The molecule has 0 aromatic rings. The second kappa shape index (κ2) is 9.68. The lowest BCUT2D eigenvalue weighted by molar-refractivity contribution is -0.137. The van der Waals surface area contributed by atoms with Gasteiger partial charge < -0.3 is 9.84 Å². The van der Waals surface area contributed by atoms with Crippen molar-refractivity contribution < 1.29 is 19.4 Å². The van der Waals surface area contributed by atoms with Crippen LogP contribution in [0.25, 0.3) is 0 Å². The van der Waals surface area contributed by atoms with Crippen LogP contribution in [0.4, 0.5) is 0 Å². The molecule has 112 valence electrons. The first-order chi connectivity index (χ1) is 8.92. The number of aliphatic hydroxyl groups is 1. The standard InChI is InChI=1S/C11H24N4O4/c1-7(2)3-4-19-6-8(16)5-9(10(17)14-12)11(18)15-13/h7-9,16H,3-6,12-13H2,1-2H3,(H,14,17)(H,15,18)/t8-/m1/s1. The highest BCUT2D eigenvalue weighted by atomic mass is 16.5.